The zero-order valence-electron chi connectivity index (χ0n) is 16.4. The third-order valence-electron chi connectivity index (χ3n) is 4.03. The van der Waals surface area contributed by atoms with Gasteiger partial charge >= 0.3 is 5.97 Å². The van der Waals surface area contributed by atoms with Crippen LogP contribution in [0.4, 0.5) is 5.69 Å². The maximum Gasteiger partial charge on any atom is 0.306 e. The summed E-state index contributed by atoms with van der Waals surface area (Å²) in [7, 11) is 0. The molecule has 0 fully saturated rings. The number of ether oxygens (including phenoxy) is 2. The SMILES string of the molecule is CC(=O)c1ccccc1NC(=O)C(C)OC(=O)CCCOc1cccc(C)c1. The van der Waals surface area contributed by atoms with Crippen LogP contribution in [0.15, 0.2) is 48.5 Å². The van der Waals surface area contributed by atoms with Crippen molar-refractivity contribution in [1.82, 2.24) is 0 Å². The molecule has 0 aromatic heterocycles. The molecule has 6 nitrogen and oxygen atoms in total. The number of Topliss-reactive ketones (excluding diaryl/α,β-unsaturated/α-hetero) is 1. The number of carbonyl (C=O) groups is 3. The molecule has 0 radical (unpaired) electrons. The Morgan fingerprint density at radius 3 is 2.54 bits per heavy atom. The molecule has 0 bridgehead atoms. The highest BCUT2D eigenvalue weighted by atomic mass is 16.5. The number of aryl methyl sites for hydroxylation is 1. The molecule has 1 amide bonds. The first-order chi connectivity index (χ1) is 13.4. The number of rotatable bonds is 9. The molecule has 0 saturated carbocycles. The normalized spacial score (nSPS) is 11.4. The van der Waals surface area contributed by atoms with Crippen LogP contribution in [0, 0.1) is 6.92 Å². The Kier molecular flexibility index (Phi) is 7.75. The highest BCUT2D eigenvalue weighted by Crippen LogP contribution is 2.16. The van der Waals surface area contributed by atoms with Crippen LogP contribution in [0.3, 0.4) is 0 Å². The molecule has 1 atom stereocenters. The fraction of sp³-hybridized carbons (Fsp3) is 0.318. The Hall–Kier alpha value is -3.15. The molecule has 0 heterocycles. The van der Waals surface area contributed by atoms with Crippen molar-refractivity contribution in [1.29, 1.82) is 0 Å². The fourth-order valence-corrected chi connectivity index (χ4v) is 2.55. The summed E-state index contributed by atoms with van der Waals surface area (Å²) in [5.41, 5.74) is 1.90. The van der Waals surface area contributed by atoms with Crippen molar-refractivity contribution in [2.24, 2.45) is 0 Å². The maximum atomic E-state index is 12.2. The molecular formula is C22H25NO5. The van der Waals surface area contributed by atoms with E-state index in [4.69, 9.17) is 9.47 Å². The summed E-state index contributed by atoms with van der Waals surface area (Å²) in [6.45, 7) is 5.27. The first-order valence-corrected chi connectivity index (χ1v) is 9.16. The van der Waals surface area contributed by atoms with Crippen LogP contribution >= 0.6 is 0 Å². The number of ketones is 1. The lowest BCUT2D eigenvalue weighted by molar-refractivity contribution is -0.153. The molecule has 148 valence electrons. The number of carbonyl (C=O) groups excluding carboxylic acids is 3. The van der Waals surface area contributed by atoms with Crippen molar-refractivity contribution in [3.63, 3.8) is 0 Å². The summed E-state index contributed by atoms with van der Waals surface area (Å²) in [4.78, 5) is 35.8. The first-order valence-electron chi connectivity index (χ1n) is 9.16. The van der Waals surface area contributed by atoms with Crippen molar-refractivity contribution in [2.75, 3.05) is 11.9 Å². The van der Waals surface area contributed by atoms with Crippen LogP contribution in [0.1, 0.15) is 42.6 Å². The van der Waals surface area contributed by atoms with Gasteiger partial charge in [0.25, 0.3) is 5.91 Å². The number of hydrogen-bond acceptors (Lipinski definition) is 5. The number of nitrogens with one attached hydrogen (secondary N) is 1. The molecule has 2 aromatic rings. The van der Waals surface area contributed by atoms with Gasteiger partial charge in [-0.15, -0.1) is 0 Å². The number of para-hydroxylation sites is 1. The Morgan fingerprint density at radius 2 is 1.82 bits per heavy atom. The summed E-state index contributed by atoms with van der Waals surface area (Å²) < 4.78 is 10.7. The molecule has 6 heteroatoms. The van der Waals surface area contributed by atoms with E-state index in [9.17, 15) is 14.4 Å². The third-order valence-corrected chi connectivity index (χ3v) is 4.03. The smallest absolute Gasteiger partial charge is 0.306 e. The first kappa shape index (κ1) is 21.2. The Labute approximate surface area is 164 Å². The summed E-state index contributed by atoms with van der Waals surface area (Å²) in [6, 6.07) is 14.4. The van der Waals surface area contributed by atoms with Gasteiger partial charge in [-0.1, -0.05) is 24.3 Å². The van der Waals surface area contributed by atoms with Gasteiger partial charge in [0, 0.05) is 12.0 Å². The molecule has 0 aliphatic rings. The van der Waals surface area contributed by atoms with E-state index in [1.54, 1.807) is 24.3 Å². The Morgan fingerprint density at radius 1 is 1.07 bits per heavy atom. The molecule has 0 aliphatic heterocycles. The van der Waals surface area contributed by atoms with E-state index in [1.807, 2.05) is 31.2 Å². The predicted octanol–water partition coefficient (Wildman–Crippen LogP) is 3.93. The van der Waals surface area contributed by atoms with Crippen LogP contribution < -0.4 is 10.1 Å². The van der Waals surface area contributed by atoms with E-state index in [0.717, 1.165) is 11.3 Å². The van der Waals surface area contributed by atoms with Gasteiger partial charge in [0.1, 0.15) is 5.75 Å². The average Bonchev–Trinajstić information content (AvgIpc) is 2.65. The number of anilines is 1. The molecule has 1 unspecified atom stereocenters. The Balaban J connectivity index is 1.75. The summed E-state index contributed by atoms with van der Waals surface area (Å²) in [5, 5.41) is 2.63. The number of benzene rings is 2. The van der Waals surface area contributed by atoms with E-state index < -0.39 is 18.0 Å². The fourth-order valence-electron chi connectivity index (χ4n) is 2.55. The number of amides is 1. The minimum absolute atomic E-state index is 0.146. The van der Waals surface area contributed by atoms with E-state index >= 15 is 0 Å². The standard InChI is InChI=1S/C22H25NO5/c1-15-8-6-9-18(14-15)27-13-7-12-21(25)28-17(3)22(26)23-20-11-5-4-10-19(20)16(2)24/h4-6,8-11,14,17H,7,12-13H2,1-3H3,(H,23,26). The molecule has 28 heavy (non-hydrogen) atoms. The van der Waals surface area contributed by atoms with Crippen LogP contribution in [0.2, 0.25) is 0 Å². The molecular weight excluding hydrogens is 358 g/mol. The molecule has 2 aromatic carbocycles. The second kappa shape index (κ2) is 10.3. The predicted molar refractivity (Wildman–Crippen MR) is 107 cm³/mol. The van der Waals surface area contributed by atoms with Gasteiger partial charge in [0.2, 0.25) is 0 Å². The molecule has 0 spiro atoms. The van der Waals surface area contributed by atoms with Crippen molar-refractivity contribution in [2.45, 2.75) is 39.7 Å². The lowest BCUT2D eigenvalue weighted by Gasteiger charge is -2.15. The minimum Gasteiger partial charge on any atom is -0.494 e. The van der Waals surface area contributed by atoms with Gasteiger partial charge in [-0.3, -0.25) is 14.4 Å². The number of hydrogen-bond donors (Lipinski definition) is 1. The van der Waals surface area contributed by atoms with Gasteiger partial charge in [0.05, 0.1) is 12.3 Å². The highest BCUT2D eigenvalue weighted by Gasteiger charge is 2.19. The summed E-state index contributed by atoms with van der Waals surface area (Å²) in [6.07, 6.45) is -0.341. The lowest BCUT2D eigenvalue weighted by atomic mass is 10.1. The van der Waals surface area contributed by atoms with Crippen molar-refractivity contribution in [3.8, 4) is 5.75 Å². The van der Waals surface area contributed by atoms with Crippen LogP contribution in [-0.4, -0.2) is 30.4 Å². The van der Waals surface area contributed by atoms with E-state index in [0.29, 0.717) is 24.3 Å². The van der Waals surface area contributed by atoms with Crippen molar-refractivity contribution in [3.05, 3.63) is 59.7 Å². The molecule has 0 saturated heterocycles. The van der Waals surface area contributed by atoms with E-state index in [2.05, 4.69) is 5.32 Å². The molecule has 0 aliphatic carbocycles. The van der Waals surface area contributed by atoms with Gasteiger partial charge in [-0.25, -0.2) is 0 Å². The van der Waals surface area contributed by atoms with Crippen LogP contribution in [-0.2, 0) is 14.3 Å². The van der Waals surface area contributed by atoms with Gasteiger partial charge < -0.3 is 14.8 Å². The quantitative estimate of drug-likeness (QED) is 0.403. The topological polar surface area (TPSA) is 81.7 Å². The average molecular weight is 383 g/mol. The lowest BCUT2D eigenvalue weighted by Crippen LogP contribution is -2.30. The van der Waals surface area contributed by atoms with Crippen molar-refractivity contribution < 1.29 is 23.9 Å². The highest BCUT2D eigenvalue weighted by molar-refractivity contribution is 6.04. The van der Waals surface area contributed by atoms with Gasteiger partial charge in [0.15, 0.2) is 11.9 Å². The van der Waals surface area contributed by atoms with E-state index in [1.165, 1.54) is 13.8 Å². The van der Waals surface area contributed by atoms with Gasteiger partial charge in [-0.05, 0) is 57.0 Å². The summed E-state index contributed by atoms with van der Waals surface area (Å²) in [5.74, 6) is -0.368. The second-order valence-corrected chi connectivity index (χ2v) is 6.49. The van der Waals surface area contributed by atoms with Crippen molar-refractivity contribution >= 4 is 23.3 Å². The third kappa shape index (κ3) is 6.54. The summed E-state index contributed by atoms with van der Waals surface area (Å²) >= 11 is 0. The molecule has 1 N–H and O–H groups in total. The largest absolute Gasteiger partial charge is 0.494 e. The second-order valence-electron chi connectivity index (χ2n) is 6.49. The zero-order chi connectivity index (χ0) is 20.5. The van der Waals surface area contributed by atoms with Gasteiger partial charge in [-0.2, -0.15) is 0 Å². The maximum absolute atomic E-state index is 12.2. The zero-order valence-corrected chi connectivity index (χ0v) is 16.4. The minimum atomic E-state index is -0.967. The molecule has 2 rings (SSSR count). The van der Waals surface area contributed by atoms with Crippen LogP contribution in [0.5, 0.6) is 5.75 Å². The Bertz CT molecular complexity index is 846. The van der Waals surface area contributed by atoms with Crippen LogP contribution in [0.25, 0.3) is 0 Å². The number of esters is 1. The van der Waals surface area contributed by atoms with E-state index in [-0.39, 0.29) is 12.2 Å². The monoisotopic (exact) mass is 383 g/mol.